The van der Waals surface area contributed by atoms with Crippen LogP contribution in [0.15, 0.2) is 36.5 Å². The monoisotopic (exact) mass is 315 g/mol. The Morgan fingerprint density at radius 1 is 1.00 bits per heavy atom. The number of aromatic nitrogens is 1. The van der Waals surface area contributed by atoms with Crippen LogP contribution in [0, 0.1) is 6.92 Å². The predicted molar refractivity (Wildman–Crippen MR) is 85.1 cm³/mol. The van der Waals surface area contributed by atoms with Crippen LogP contribution in [0.1, 0.15) is 25.0 Å². The van der Waals surface area contributed by atoms with Gasteiger partial charge in [0.05, 0.1) is 4.88 Å². The van der Waals surface area contributed by atoms with Crippen molar-refractivity contribution in [3.05, 3.63) is 52.0 Å². The largest absolute Gasteiger partial charge is 0.334 e. The first-order chi connectivity index (χ1) is 10.6. The van der Waals surface area contributed by atoms with Gasteiger partial charge in [-0.2, -0.15) is 0 Å². The number of hydrogen-bond donors (Lipinski definition) is 0. The number of nitrogens with zero attached hydrogens (tertiary/aromatic N) is 3. The second-order valence-electron chi connectivity index (χ2n) is 5.21. The van der Waals surface area contributed by atoms with E-state index in [-0.39, 0.29) is 11.8 Å². The zero-order valence-corrected chi connectivity index (χ0v) is 13.2. The highest BCUT2D eigenvalue weighted by Crippen LogP contribution is 2.18. The summed E-state index contributed by atoms with van der Waals surface area (Å²) in [6.45, 7) is 4.21. The maximum Gasteiger partial charge on any atom is 0.272 e. The number of amides is 2. The summed E-state index contributed by atoms with van der Waals surface area (Å²) >= 11 is 1.51. The Morgan fingerprint density at radius 3 is 2.23 bits per heavy atom. The van der Waals surface area contributed by atoms with Crippen LogP contribution < -0.4 is 0 Å². The lowest BCUT2D eigenvalue weighted by molar-refractivity contribution is 0.0535. The summed E-state index contributed by atoms with van der Waals surface area (Å²) in [6.07, 6.45) is 1.62. The molecule has 0 unspecified atom stereocenters. The molecule has 0 N–H and O–H groups in total. The van der Waals surface area contributed by atoms with Crippen molar-refractivity contribution in [3.8, 4) is 0 Å². The number of thiophene rings is 1. The number of hydrogen-bond acceptors (Lipinski definition) is 4. The van der Waals surface area contributed by atoms with Gasteiger partial charge in [0.1, 0.15) is 5.69 Å². The van der Waals surface area contributed by atoms with Crippen LogP contribution in [0.4, 0.5) is 0 Å². The Balaban J connectivity index is 1.61. The first-order valence-electron chi connectivity index (χ1n) is 7.21. The third-order valence-electron chi connectivity index (χ3n) is 3.69. The van der Waals surface area contributed by atoms with Crippen molar-refractivity contribution in [2.24, 2.45) is 0 Å². The summed E-state index contributed by atoms with van der Waals surface area (Å²) < 4.78 is 0. The van der Waals surface area contributed by atoms with E-state index in [9.17, 15) is 9.59 Å². The molecule has 0 aromatic carbocycles. The van der Waals surface area contributed by atoms with E-state index >= 15 is 0 Å². The molecular formula is C16H17N3O2S. The smallest absolute Gasteiger partial charge is 0.272 e. The Kier molecular flexibility index (Phi) is 4.20. The third-order valence-corrected chi connectivity index (χ3v) is 4.68. The van der Waals surface area contributed by atoms with Crippen molar-refractivity contribution in [1.29, 1.82) is 0 Å². The zero-order valence-electron chi connectivity index (χ0n) is 12.4. The summed E-state index contributed by atoms with van der Waals surface area (Å²) in [7, 11) is 0. The van der Waals surface area contributed by atoms with Crippen molar-refractivity contribution in [1.82, 2.24) is 14.8 Å². The molecule has 1 saturated heterocycles. The number of aryl methyl sites for hydroxylation is 1. The van der Waals surface area contributed by atoms with Crippen LogP contribution in [-0.2, 0) is 0 Å². The van der Waals surface area contributed by atoms with Gasteiger partial charge in [-0.25, -0.2) is 0 Å². The molecule has 2 amide bonds. The Bertz CT molecular complexity index is 676. The summed E-state index contributed by atoms with van der Waals surface area (Å²) in [6, 6.07) is 9.14. The van der Waals surface area contributed by atoms with E-state index in [1.54, 1.807) is 29.3 Å². The first kappa shape index (κ1) is 14.7. The summed E-state index contributed by atoms with van der Waals surface area (Å²) in [5.41, 5.74) is 0.455. The van der Waals surface area contributed by atoms with Gasteiger partial charge in [-0.15, -0.1) is 11.3 Å². The molecule has 2 aromatic rings. The van der Waals surface area contributed by atoms with Crippen LogP contribution in [-0.4, -0.2) is 52.8 Å². The van der Waals surface area contributed by atoms with Crippen molar-refractivity contribution >= 4 is 23.2 Å². The van der Waals surface area contributed by atoms with Crippen LogP contribution in [0.25, 0.3) is 0 Å². The van der Waals surface area contributed by atoms with E-state index in [2.05, 4.69) is 4.98 Å². The second-order valence-corrected chi connectivity index (χ2v) is 6.50. The zero-order chi connectivity index (χ0) is 15.5. The molecule has 1 aliphatic heterocycles. The fourth-order valence-corrected chi connectivity index (χ4v) is 3.30. The maximum absolute atomic E-state index is 12.4. The minimum Gasteiger partial charge on any atom is -0.334 e. The van der Waals surface area contributed by atoms with E-state index < -0.39 is 0 Å². The van der Waals surface area contributed by atoms with Crippen LogP contribution in [0.2, 0.25) is 0 Å². The minimum absolute atomic E-state index is 0.0584. The van der Waals surface area contributed by atoms with Crippen molar-refractivity contribution in [2.75, 3.05) is 26.2 Å². The normalized spacial score (nSPS) is 15.0. The quantitative estimate of drug-likeness (QED) is 0.852. The van der Waals surface area contributed by atoms with Crippen LogP contribution >= 0.6 is 11.3 Å². The number of carbonyl (C=O) groups is 2. The molecule has 0 atom stereocenters. The fraction of sp³-hybridized carbons (Fsp3) is 0.312. The van der Waals surface area contributed by atoms with Gasteiger partial charge in [0, 0.05) is 37.3 Å². The summed E-state index contributed by atoms with van der Waals surface area (Å²) in [4.78, 5) is 34.2. The van der Waals surface area contributed by atoms with E-state index in [4.69, 9.17) is 0 Å². The van der Waals surface area contributed by atoms with Gasteiger partial charge in [-0.05, 0) is 31.2 Å². The number of pyridine rings is 1. The van der Waals surface area contributed by atoms with Gasteiger partial charge in [0.2, 0.25) is 0 Å². The molecule has 2 aromatic heterocycles. The highest BCUT2D eigenvalue weighted by molar-refractivity contribution is 7.13. The molecule has 1 aliphatic rings. The minimum atomic E-state index is -0.0698. The first-order valence-corrected chi connectivity index (χ1v) is 8.03. The molecule has 0 radical (unpaired) electrons. The SMILES string of the molecule is Cc1ccc(C(=O)N2CCN(C(=O)c3ccccn3)CC2)s1. The molecule has 6 heteroatoms. The van der Waals surface area contributed by atoms with Crippen molar-refractivity contribution in [3.63, 3.8) is 0 Å². The van der Waals surface area contributed by atoms with Gasteiger partial charge in [-0.1, -0.05) is 6.07 Å². The third kappa shape index (κ3) is 3.01. The van der Waals surface area contributed by atoms with E-state index in [0.29, 0.717) is 31.9 Å². The lowest BCUT2D eigenvalue weighted by Crippen LogP contribution is -2.50. The topological polar surface area (TPSA) is 53.5 Å². The molecule has 3 rings (SSSR count). The Hall–Kier alpha value is -2.21. The van der Waals surface area contributed by atoms with Gasteiger partial charge in [-0.3, -0.25) is 14.6 Å². The highest BCUT2D eigenvalue weighted by Gasteiger charge is 2.26. The van der Waals surface area contributed by atoms with Crippen LogP contribution in [0.5, 0.6) is 0 Å². The molecule has 0 aliphatic carbocycles. The van der Waals surface area contributed by atoms with Gasteiger partial charge < -0.3 is 9.80 Å². The predicted octanol–water partition coefficient (Wildman–Crippen LogP) is 2.05. The van der Waals surface area contributed by atoms with Crippen molar-refractivity contribution in [2.45, 2.75) is 6.92 Å². The molecule has 5 nitrogen and oxygen atoms in total. The maximum atomic E-state index is 12.4. The average molecular weight is 315 g/mol. The Labute approximate surface area is 133 Å². The average Bonchev–Trinajstić information content (AvgIpc) is 3.01. The lowest BCUT2D eigenvalue weighted by atomic mass is 10.2. The molecule has 22 heavy (non-hydrogen) atoms. The fourth-order valence-electron chi connectivity index (χ4n) is 2.47. The Morgan fingerprint density at radius 2 is 1.68 bits per heavy atom. The molecular weight excluding hydrogens is 298 g/mol. The van der Waals surface area contributed by atoms with E-state index in [1.807, 2.05) is 24.0 Å². The van der Waals surface area contributed by atoms with Gasteiger partial charge in [0.15, 0.2) is 0 Å². The van der Waals surface area contributed by atoms with E-state index in [0.717, 1.165) is 9.75 Å². The van der Waals surface area contributed by atoms with Gasteiger partial charge >= 0.3 is 0 Å². The molecule has 0 spiro atoms. The summed E-state index contributed by atoms with van der Waals surface area (Å²) in [5, 5.41) is 0. The molecule has 0 saturated carbocycles. The van der Waals surface area contributed by atoms with E-state index in [1.165, 1.54) is 11.3 Å². The summed E-state index contributed by atoms with van der Waals surface area (Å²) in [5.74, 6) is -0.0114. The molecule has 3 heterocycles. The second kappa shape index (κ2) is 6.27. The standard InChI is InChI=1S/C16H17N3O2S/c1-12-5-6-14(22-12)16(21)19-10-8-18(9-11-19)15(20)13-4-2-3-7-17-13/h2-7H,8-11H2,1H3. The highest BCUT2D eigenvalue weighted by atomic mass is 32.1. The molecule has 0 bridgehead atoms. The number of piperazine rings is 1. The number of carbonyl (C=O) groups excluding carboxylic acids is 2. The molecule has 114 valence electrons. The van der Waals surface area contributed by atoms with Crippen LogP contribution in [0.3, 0.4) is 0 Å². The van der Waals surface area contributed by atoms with Gasteiger partial charge in [0.25, 0.3) is 11.8 Å². The number of rotatable bonds is 2. The lowest BCUT2D eigenvalue weighted by Gasteiger charge is -2.34. The molecule has 1 fully saturated rings. The van der Waals surface area contributed by atoms with Crippen molar-refractivity contribution < 1.29 is 9.59 Å².